The predicted molar refractivity (Wildman–Crippen MR) is 107 cm³/mol. The van der Waals surface area contributed by atoms with E-state index in [0.717, 1.165) is 30.5 Å². The van der Waals surface area contributed by atoms with Crippen LogP contribution in [0.4, 0.5) is 0 Å². The molecule has 1 saturated heterocycles. The van der Waals surface area contributed by atoms with Gasteiger partial charge >= 0.3 is 0 Å². The molecule has 0 aliphatic carbocycles. The largest absolute Gasteiger partial charge is 0.493 e. The van der Waals surface area contributed by atoms with Crippen LogP contribution in [0.3, 0.4) is 0 Å². The SMILES string of the molecule is COc1ccc(C2CCCN2C(=O)c2ccc(CNC(C)=O)cc2)cc1OC. The predicted octanol–water partition coefficient (Wildman–Crippen LogP) is 3.32. The fraction of sp³-hybridized carbons (Fsp3) is 0.364. The molecule has 6 nitrogen and oxygen atoms in total. The standard InChI is InChI=1S/C22H26N2O4/c1-15(25)23-14-16-6-8-17(9-7-16)22(26)24-12-4-5-19(24)18-10-11-20(27-2)21(13-18)28-3/h6-11,13,19H,4-5,12,14H2,1-3H3,(H,23,25). The van der Waals surface area contributed by atoms with Gasteiger partial charge in [-0.25, -0.2) is 0 Å². The number of nitrogens with one attached hydrogen (secondary N) is 1. The molecule has 1 aliphatic heterocycles. The second-order valence-electron chi connectivity index (χ2n) is 6.88. The Bertz CT molecular complexity index is 848. The summed E-state index contributed by atoms with van der Waals surface area (Å²) in [5, 5.41) is 2.76. The number of carbonyl (C=O) groups excluding carboxylic acids is 2. The second kappa shape index (κ2) is 8.78. The Morgan fingerprint density at radius 2 is 1.79 bits per heavy atom. The molecule has 1 aliphatic rings. The van der Waals surface area contributed by atoms with Gasteiger partial charge in [-0.15, -0.1) is 0 Å². The summed E-state index contributed by atoms with van der Waals surface area (Å²) >= 11 is 0. The van der Waals surface area contributed by atoms with Gasteiger partial charge in [0.25, 0.3) is 5.91 Å². The van der Waals surface area contributed by atoms with Crippen molar-refractivity contribution in [3.8, 4) is 11.5 Å². The molecule has 1 atom stereocenters. The van der Waals surface area contributed by atoms with Crippen molar-refractivity contribution in [2.24, 2.45) is 0 Å². The van der Waals surface area contributed by atoms with Crippen LogP contribution in [0.15, 0.2) is 42.5 Å². The summed E-state index contributed by atoms with van der Waals surface area (Å²) in [6, 6.07) is 13.2. The maximum atomic E-state index is 13.1. The Kier molecular flexibility index (Phi) is 6.19. The Morgan fingerprint density at radius 1 is 1.07 bits per heavy atom. The van der Waals surface area contributed by atoms with E-state index >= 15 is 0 Å². The van der Waals surface area contributed by atoms with E-state index in [1.54, 1.807) is 14.2 Å². The lowest BCUT2D eigenvalue weighted by molar-refractivity contribution is -0.119. The molecule has 0 radical (unpaired) electrons. The average molecular weight is 382 g/mol. The van der Waals surface area contributed by atoms with Crippen molar-refractivity contribution >= 4 is 11.8 Å². The van der Waals surface area contributed by atoms with Gasteiger partial charge < -0.3 is 19.7 Å². The third kappa shape index (κ3) is 4.27. The van der Waals surface area contributed by atoms with Crippen LogP contribution in [0.25, 0.3) is 0 Å². The molecule has 2 aromatic carbocycles. The summed E-state index contributed by atoms with van der Waals surface area (Å²) in [5.41, 5.74) is 2.66. The van der Waals surface area contributed by atoms with Crippen LogP contribution in [0, 0.1) is 0 Å². The minimum absolute atomic E-state index is 0.0170. The van der Waals surface area contributed by atoms with Gasteiger partial charge in [-0.1, -0.05) is 18.2 Å². The highest BCUT2D eigenvalue weighted by atomic mass is 16.5. The molecule has 0 saturated carbocycles. The molecule has 1 fully saturated rings. The van der Waals surface area contributed by atoms with Crippen LogP contribution in [0.5, 0.6) is 11.5 Å². The van der Waals surface area contributed by atoms with Gasteiger partial charge in [0.05, 0.1) is 20.3 Å². The molecule has 2 aromatic rings. The van der Waals surface area contributed by atoms with E-state index in [0.29, 0.717) is 23.6 Å². The summed E-state index contributed by atoms with van der Waals surface area (Å²) in [6.45, 7) is 2.67. The number of hydrogen-bond acceptors (Lipinski definition) is 4. The summed E-state index contributed by atoms with van der Waals surface area (Å²) < 4.78 is 10.7. The molecular formula is C22H26N2O4. The highest BCUT2D eigenvalue weighted by Gasteiger charge is 2.31. The zero-order chi connectivity index (χ0) is 20.1. The first-order valence-electron chi connectivity index (χ1n) is 9.39. The van der Waals surface area contributed by atoms with Crippen LogP contribution in [-0.4, -0.2) is 37.5 Å². The number of ether oxygens (including phenoxy) is 2. The molecule has 1 unspecified atom stereocenters. The third-order valence-electron chi connectivity index (χ3n) is 5.05. The van der Waals surface area contributed by atoms with Crippen LogP contribution in [-0.2, 0) is 11.3 Å². The molecule has 1 heterocycles. The van der Waals surface area contributed by atoms with Gasteiger partial charge in [-0.3, -0.25) is 9.59 Å². The van der Waals surface area contributed by atoms with E-state index in [1.165, 1.54) is 6.92 Å². The first-order chi connectivity index (χ1) is 13.5. The topological polar surface area (TPSA) is 67.9 Å². The maximum absolute atomic E-state index is 13.1. The average Bonchev–Trinajstić information content (AvgIpc) is 3.21. The zero-order valence-electron chi connectivity index (χ0n) is 16.5. The lowest BCUT2D eigenvalue weighted by atomic mass is 10.0. The van der Waals surface area contributed by atoms with E-state index in [1.807, 2.05) is 47.4 Å². The Morgan fingerprint density at radius 3 is 2.43 bits per heavy atom. The van der Waals surface area contributed by atoms with Gasteiger partial charge in [0.2, 0.25) is 5.91 Å². The minimum atomic E-state index is -0.0741. The van der Waals surface area contributed by atoms with Crippen LogP contribution >= 0.6 is 0 Å². The van der Waals surface area contributed by atoms with Crippen LogP contribution < -0.4 is 14.8 Å². The molecule has 3 rings (SSSR count). The number of likely N-dealkylation sites (tertiary alicyclic amines) is 1. The molecule has 0 aromatic heterocycles. The van der Waals surface area contributed by atoms with Crippen molar-refractivity contribution in [1.29, 1.82) is 0 Å². The first kappa shape index (κ1) is 19.7. The van der Waals surface area contributed by atoms with Gasteiger partial charge in [-0.05, 0) is 48.2 Å². The second-order valence-corrected chi connectivity index (χ2v) is 6.88. The van der Waals surface area contributed by atoms with Crippen molar-refractivity contribution in [3.63, 3.8) is 0 Å². The molecule has 1 N–H and O–H groups in total. The molecule has 2 amide bonds. The van der Waals surface area contributed by atoms with Crippen molar-refractivity contribution < 1.29 is 19.1 Å². The Labute approximate surface area is 165 Å². The van der Waals surface area contributed by atoms with E-state index in [9.17, 15) is 9.59 Å². The molecule has 28 heavy (non-hydrogen) atoms. The lowest BCUT2D eigenvalue weighted by Gasteiger charge is -2.26. The highest BCUT2D eigenvalue weighted by molar-refractivity contribution is 5.94. The number of rotatable bonds is 6. The smallest absolute Gasteiger partial charge is 0.254 e. The summed E-state index contributed by atoms with van der Waals surface area (Å²) in [4.78, 5) is 26.0. The number of carbonyl (C=O) groups is 2. The summed E-state index contributed by atoms with van der Waals surface area (Å²) in [7, 11) is 3.22. The van der Waals surface area contributed by atoms with E-state index < -0.39 is 0 Å². The number of nitrogens with zero attached hydrogens (tertiary/aromatic N) is 1. The number of methoxy groups -OCH3 is 2. The van der Waals surface area contributed by atoms with Gasteiger partial charge in [0.15, 0.2) is 11.5 Å². The lowest BCUT2D eigenvalue weighted by Crippen LogP contribution is -2.30. The van der Waals surface area contributed by atoms with Crippen molar-refractivity contribution in [3.05, 3.63) is 59.2 Å². The number of benzene rings is 2. The van der Waals surface area contributed by atoms with E-state index in [2.05, 4.69) is 5.32 Å². The van der Waals surface area contributed by atoms with E-state index in [4.69, 9.17) is 9.47 Å². The molecule has 148 valence electrons. The quantitative estimate of drug-likeness (QED) is 0.832. The monoisotopic (exact) mass is 382 g/mol. The first-order valence-corrected chi connectivity index (χ1v) is 9.39. The molecule has 0 bridgehead atoms. The maximum Gasteiger partial charge on any atom is 0.254 e. The van der Waals surface area contributed by atoms with E-state index in [-0.39, 0.29) is 17.9 Å². The summed E-state index contributed by atoms with van der Waals surface area (Å²) in [6.07, 6.45) is 1.88. The molecular weight excluding hydrogens is 356 g/mol. The zero-order valence-corrected chi connectivity index (χ0v) is 16.5. The van der Waals surface area contributed by atoms with Crippen LogP contribution in [0.2, 0.25) is 0 Å². The van der Waals surface area contributed by atoms with Gasteiger partial charge in [0, 0.05) is 25.6 Å². The molecule has 6 heteroatoms. The fourth-order valence-corrected chi connectivity index (χ4v) is 3.57. The van der Waals surface area contributed by atoms with Gasteiger partial charge in [-0.2, -0.15) is 0 Å². The third-order valence-corrected chi connectivity index (χ3v) is 5.05. The highest BCUT2D eigenvalue weighted by Crippen LogP contribution is 2.37. The Balaban J connectivity index is 1.77. The van der Waals surface area contributed by atoms with Crippen LogP contribution in [0.1, 0.15) is 47.3 Å². The fourth-order valence-electron chi connectivity index (χ4n) is 3.57. The Hall–Kier alpha value is -3.02. The summed E-state index contributed by atoms with van der Waals surface area (Å²) in [5.74, 6) is 1.29. The van der Waals surface area contributed by atoms with Crippen molar-refractivity contribution in [2.45, 2.75) is 32.4 Å². The number of amides is 2. The molecule has 0 spiro atoms. The van der Waals surface area contributed by atoms with Crippen molar-refractivity contribution in [2.75, 3.05) is 20.8 Å². The van der Waals surface area contributed by atoms with Crippen molar-refractivity contribution in [1.82, 2.24) is 10.2 Å². The van der Waals surface area contributed by atoms with Gasteiger partial charge in [0.1, 0.15) is 0 Å². The minimum Gasteiger partial charge on any atom is -0.493 e. The normalized spacial score (nSPS) is 16.0. The number of hydrogen-bond donors (Lipinski definition) is 1.